The van der Waals surface area contributed by atoms with Crippen molar-refractivity contribution < 1.29 is 18.3 Å². The Bertz CT molecular complexity index is 705. The number of esters is 1. The Morgan fingerprint density at radius 2 is 1.74 bits per heavy atom. The van der Waals surface area contributed by atoms with Crippen LogP contribution >= 0.6 is 0 Å². The van der Waals surface area contributed by atoms with Crippen molar-refractivity contribution in [1.82, 2.24) is 0 Å². The molecule has 0 saturated carbocycles. The maximum Gasteiger partial charge on any atom is 0.344 e. The topological polar surface area (TPSA) is 26.3 Å². The van der Waals surface area contributed by atoms with Crippen LogP contribution in [0.25, 0.3) is 11.8 Å². The fourth-order valence-electron chi connectivity index (χ4n) is 1.95. The van der Waals surface area contributed by atoms with Crippen LogP contribution in [0.15, 0.2) is 42.5 Å². The molecule has 0 aromatic heterocycles. The Morgan fingerprint density at radius 1 is 1.00 bits per heavy atom. The van der Waals surface area contributed by atoms with Crippen molar-refractivity contribution in [2.45, 2.75) is 0 Å². The van der Waals surface area contributed by atoms with E-state index in [0.717, 1.165) is 12.1 Å². The third kappa shape index (κ3) is 2.01. The highest BCUT2D eigenvalue weighted by Gasteiger charge is 2.25. The van der Waals surface area contributed by atoms with E-state index in [0.29, 0.717) is 11.1 Å². The first-order valence-corrected chi connectivity index (χ1v) is 5.63. The SMILES string of the molecule is O=C1O/C(=C\c2ccc(F)cc2F)c2ccccc21. The van der Waals surface area contributed by atoms with E-state index in [1.54, 1.807) is 24.3 Å². The first kappa shape index (κ1) is 11.6. The monoisotopic (exact) mass is 258 g/mol. The zero-order valence-electron chi connectivity index (χ0n) is 9.69. The molecule has 1 aliphatic heterocycles. The number of fused-ring (bicyclic) bond motifs is 1. The molecule has 0 saturated heterocycles. The minimum absolute atomic E-state index is 0.168. The van der Waals surface area contributed by atoms with Gasteiger partial charge in [0.1, 0.15) is 17.4 Å². The third-order valence-corrected chi connectivity index (χ3v) is 2.86. The Morgan fingerprint density at radius 3 is 2.47 bits per heavy atom. The van der Waals surface area contributed by atoms with E-state index in [-0.39, 0.29) is 11.3 Å². The summed E-state index contributed by atoms with van der Waals surface area (Å²) < 4.78 is 31.5. The molecule has 94 valence electrons. The summed E-state index contributed by atoms with van der Waals surface area (Å²) in [6.45, 7) is 0. The van der Waals surface area contributed by atoms with Crippen molar-refractivity contribution in [2.75, 3.05) is 0 Å². The number of benzene rings is 2. The Balaban J connectivity index is 2.09. The Hall–Kier alpha value is -2.49. The number of hydrogen-bond acceptors (Lipinski definition) is 2. The molecule has 0 unspecified atom stereocenters. The molecule has 0 atom stereocenters. The quantitative estimate of drug-likeness (QED) is 0.730. The molecule has 4 heteroatoms. The molecule has 1 heterocycles. The van der Waals surface area contributed by atoms with Gasteiger partial charge in [-0.25, -0.2) is 13.6 Å². The van der Waals surface area contributed by atoms with E-state index in [1.165, 1.54) is 12.1 Å². The standard InChI is InChI=1S/C15H8F2O2/c16-10-6-5-9(13(17)8-10)7-14-11-3-1-2-4-12(11)15(18)19-14/h1-8H/b14-7-. The van der Waals surface area contributed by atoms with Gasteiger partial charge in [0, 0.05) is 17.2 Å². The van der Waals surface area contributed by atoms with Crippen LogP contribution in [0.4, 0.5) is 8.78 Å². The summed E-state index contributed by atoms with van der Waals surface area (Å²) in [5.41, 5.74) is 1.22. The number of halogens is 2. The fraction of sp³-hybridized carbons (Fsp3) is 0. The Labute approximate surface area is 107 Å². The molecule has 0 N–H and O–H groups in total. The zero-order chi connectivity index (χ0) is 13.4. The summed E-state index contributed by atoms with van der Waals surface area (Å²) in [6, 6.07) is 10.1. The molecule has 2 nitrogen and oxygen atoms in total. The molecular formula is C15H8F2O2. The third-order valence-electron chi connectivity index (χ3n) is 2.86. The average Bonchev–Trinajstić information content (AvgIpc) is 2.71. The molecule has 0 bridgehead atoms. The highest BCUT2D eigenvalue weighted by atomic mass is 19.1. The molecule has 19 heavy (non-hydrogen) atoms. The predicted octanol–water partition coefficient (Wildman–Crippen LogP) is 3.63. The van der Waals surface area contributed by atoms with E-state index in [4.69, 9.17) is 4.74 Å². The van der Waals surface area contributed by atoms with Gasteiger partial charge < -0.3 is 4.74 Å². The van der Waals surface area contributed by atoms with Gasteiger partial charge in [0.25, 0.3) is 0 Å². The lowest BCUT2D eigenvalue weighted by molar-refractivity contribution is 0.0717. The maximum atomic E-state index is 13.6. The van der Waals surface area contributed by atoms with Gasteiger partial charge in [0.15, 0.2) is 0 Å². The number of ether oxygens (including phenoxy) is 1. The summed E-state index contributed by atoms with van der Waals surface area (Å²) in [7, 11) is 0. The first-order valence-electron chi connectivity index (χ1n) is 5.63. The van der Waals surface area contributed by atoms with Gasteiger partial charge in [0.2, 0.25) is 0 Å². The van der Waals surface area contributed by atoms with Crippen LogP contribution in [0.3, 0.4) is 0 Å². The van der Waals surface area contributed by atoms with Crippen LogP contribution in [0, 0.1) is 11.6 Å². The van der Waals surface area contributed by atoms with Crippen LogP contribution < -0.4 is 0 Å². The summed E-state index contributed by atoms with van der Waals surface area (Å²) in [6.07, 6.45) is 1.39. The smallest absolute Gasteiger partial charge is 0.344 e. The van der Waals surface area contributed by atoms with Crippen molar-refractivity contribution in [3.8, 4) is 0 Å². The molecule has 1 aliphatic rings. The fourth-order valence-corrected chi connectivity index (χ4v) is 1.95. The van der Waals surface area contributed by atoms with Gasteiger partial charge in [-0.3, -0.25) is 0 Å². The zero-order valence-corrected chi connectivity index (χ0v) is 9.69. The van der Waals surface area contributed by atoms with Gasteiger partial charge in [0.05, 0.1) is 5.56 Å². The molecule has 3 rings (SSSR count). The van der Waals surface area contributed by atoms with Crippen molar-refractivity contribution in [1.29, 1.82) is 0 Å². The van der Waals surface area contributed by atoms with Gasteiger partial charge in [-0.05, 0) is 24.3 Å². The van der Waals surface area contributed by atoms with Gasteiger partial charge in [-0.2, -0.15) is 0 Å². The largest absolute Gasteiger partial charge is 0.422 e. The molecule has 0 radical (unpaired) electrons. The van der Waals surface area contributed by atoms with Gasteiger partial charge in [-0.15, -0.1) is 0 Å². The lowest BCUT2D eigenvalue weighted by atomic mass is 10.1. The second-order valence-electron chi connectivity index (χ2n) is 4.11. The van der Waals surface area contributed by atoms with Crippen LogP contribution in [-0.2, 0) is 4.74 Å². The first-order chi connectivity index (χ1) is 9.15. The number of carbonyl (C=O) groups is 1. The minimum Gasteiger partial charge on any atom is -0.422 e. The van der Waals surface area contributed by atoms with Crippen molar-refractivity contribution in [2.24, 2.45) is 0 Å². The summed E-state index contributed by atoms with van der Waals surface area (Å²) in [5.74, 6) is -1.55. The Kier molecular flexibility index (Phi) is 2.63. The van der Waals surface area contributed by atoms with E-state index >= 15 is 0 Å². The molecule has 2 aromatic carbocycles. The van der Waals surface area contributed by atoms with Crippen LogP contribution in [0.5, 0.6) is 0 Å². The maximum absolute atomic E-state index is 13.6. The summed E-state index contributed by atoms with van der Waals surface area (Å²) >= 11 is 0. The minimum atomic E-state index is -0.701. The summed E-state index contributed by atoms with van der Waals surface area (Å²) in [5, 5.41) is 0. The van der Waals surface area contributed by atoms with E-state index in [2.05, 4.69) is 0 Å². The van der Waals surface area contributed by atoms with E-state index in [9.17, 15) is 13.6 Å². The average molecular weight is 258 g/mol. The van der Waals surface area contributed by atoms with Crippen molar-refractivity contribution in [3.05, 3.63) is 70.8 Å². The van der Waals surface area contributed by atoms with Crippen molar-refractivity contribution in [3.63, 3.8) is 0 Å². The lowest BCUT2D eigenvalue weighted by Gasteiger charge is -2.00. The number of hydrogen-bond donors (Lipinski definition) is 0. The number of carbonyl (C=O) groups excluding carboxylic acids is 1. The van der Waals surface area contributed by atoms with Crippen molar-refractivity contribution >= 4 is 17.8 Å². The molecule has 2 aromatic rings. The molecule has 0 spiro atoms. The van der Waals surface area contributed by atoms with Crippen LogP contribution in [0.2, 0.25) is 0 Å². The molecular weight excluding hydrogens is 250 g/mol. The lowest BCUT2D eigenvalue weighted by Crippen LogP contribution is -1.92. The second kappa shape index (κ2) is 4.31. The van der Waals surface area contributed by atoms with Crippen LogP contribution in [-0.4, -0.2) is 5.97 Å². The van der Waals surface area contributed by atoms with Crippen LogP contribution in [0.1, 0.15) is 21.5 Å². The van der Waals surface area contributed by atoms with E-state index in [1.807, 2.05) is 0 Å². The normalized spacial score (nSPS) is 15.5. The second-order valence-corrected chi connectivity index (χ2v) is 4.11. The van der Waals surface area contributed by atoms with Gasteiger partial charge in [-0.1, -0.05) is 18.2 Å². The van der Waals surface area contributed by atoms with Gasteiger partial charge >= 0.3 is 5.97 Å². The number of cyclic esters (lactones) is 1. The predicted molar refractivity (Wildman–Crippen MR) is 66.1 cm³/mol. The molecule has 0 aliphatic carbocycles. The number of rotatable bonds is 1. The highest BCUT2D eigenvalue weighted by Crippen LogP contribution is 2.31. The molecule has 0 amide bonds. The summed E-state index contributed by atoms with van der Waals surface area (Å²) in [4.78, 5) is 11.6. The highest BCUT2D eigenvalue weighted by molar-refractivity contribution is 6.05. The van der Waals surface area contributed by atoms with E-state index < -0.39 is 17.6 Å². The molecule has 0 fully saturated rings.